The van der Waals surface area contributed by atoms with Gasteiger partial charge in [-0.05, 0) is 29.2 Å². The third-order valence-electron chi connectivity index (χ3n) is 4.56. The number of hydrogen-bond acceptors (Lipinski definition) is 3. The summed E-state index contributed by atoms with van der Waals surface area (Å²) < 4.78 is 0. The number of anilines is 1. The number of nitrogens with zero attached hydrogens (tertiary/aromatic N) is 1. The molecule has 1 heterocycles. The van der Waals surface area contributed by atoms with Crippen LogP contribution in [0.1, 0.15) is 23.1 Å². The molecular weight excluding hydrogens is 302 g/mol. The highest BCUT2D eigenvalue weighted by atomic mass is 16.2. The topological polar surface area (TPSA) is 89.4 Å². The predicted molar refractivity (Wildman–Crippen MR) is 92.9 cm³/mol. The van der Waals surface area contributed by atoms with Crippen molar-refractivity contribution in [1.82, 2.24) is 4.90 Å². The molecule has 1 atom stereocenters. The van der Waals surface area contributed by atoms with Gasteiger partial charge in [0.25, 0.3) is 0 Å². The van der Waals surface area contributed by atoms with Gasteiger partial charge in [0.15, 0.2) is 0 Å². The molecule has 0 saturated carbocycles. The van der Waals surface area contributed by atoms with Crippen LogP contribution in [0, 0.1) is 0 Å². The van der Waals surface area contributed by atoms with Gasteiger partial charge in [-0.3, -0.25) is 9.59 Å². The van der Waals surface area contributed by atoms with Gasteiger partial charge >= 0.3 is 0 Å². The zero-order valence-corrected chi connectivity index (χ0v) is 13.4. The molecule has 1 aliphatic heterocycles. The third-order valence-corrected chi connectivity index (χ3v) is 4.56. The Balaban J connectivity index is 1.75. The summed E-state index contributed by atoms with van der Waals surface area (Å²) >= 11 is 0. The number of carbonyl (C=O) groups excluding carboxylic acids is 2. The summed E-state index contributed by atoms with van der Waals surface area (Å²) in [6.07, 6.45) is 1.33. The largest absolute Gasteiger partial charge is 0.399 e. The van der Waals surface area contributed by atoms with Gasteiger partial charge in [0, 0.05) is 25.1 Å². The maximum atomic E-state index is 12.7. The first-order valence-electron chi connectivity index (χ1n) is 8.05. The monoisotopic (exact) mass is 323 g/mol. The van der Waals surface area contributed by atoms with E-state index in [9.17, 15) is 9.59 Å². The Kier molecular flexibility index (Phi) is 4.51. The molecule has 0 bridgehead atoms. The standard InChI is InChI=1S/C19H21N3O2/c20-16-8-4-3-5-13(16)9-10-18(23)22-12-15-7-2-1-6-14(15)11-17(22)19(21)24/h1-8,17H,9-12,20H2,(H2,21,24). The fraction of sp³-hybridized carbons (Fsp3) is 0.263. The molecular formula is C19H21N3O2. The molecule has 0 radical (unpaired) electrons. The molecule has 124 valence electrons. The maximum Gasteiger partial charge on any atom is 0.240 e. The molecule has 2 aromatic carbocycles. The number of fused-ring (bicyclic) bond motifs is 1. The van der Waals surface area contributed by atoms with Crippen molar-refractivity contribution < 1.29 is 9.59 Å². The van der Waals surface area contributed by atoms with E-state index < -0.39 is 11.9 Å². The number of nitrogen functional groups attached to an aromatic ring is 1. The first kappa shape index (κ1) is 16.1. The van der Waals surface area contributed by atoms with Crippen molar-refractivity contribution in [2.45, 2.75) is 31.8 Å². The number of para-hydroxylation sites is 1. The van der Waals surface area contributed by atoms with Crippen LogP contribution in [-0.2, 0) is 29.0 Å². The summed E-state index contributed by atoms with van der Waals surface area (Å²) in [6.45, 7) is 0.423. The lowest BCUT2D eigenvalue weighted by Gasteiger charge is -2.35. The van der Waals surface area contributed by atoms with Crippen molar-refractivity contribution in [1.29, 1.82) is 0 Å². The second-order valence-electron chi connectivity index (χ2n) is 6.11. The Morgan fingerprint density at radius 2 is 1.71 bits per heavy atom. The number of hydrogen-bond donors (Lipinski definition) is 2. The fourth-order valence-electron chi connectivity index (χ4n) is 3.19. The quantitative estimate of drug-likeness (QED) is 0.838. The van der Waals surface area contributed by atoms with Gasteiger partial charge < -0.3 is 16.4 Å². The van der Waals surface area contributed by atoms with E-state index in [0.29, 0.717) is 31.5 Å². The summed E-state index contributed by atoms with van der Waals surface area (Å²) in [5.41, 5.74) is 15.2. The molecule has 0 spiro atoms. The van der Waals surface area contributed by atoms with Gasteiger partial charge in [0.1, 0.15) is 6.04 Å². The van der Waals surface area contributed by atoms with Crippen LogP contribution in [0.4, 0.5) is 5.69 Å². The molecule has 0 aliphatic carbocycles. The normalized spacial score (nSPS) is 16.5. The summed E-state index contributed by atoms with van der Waals surface area (Å²) in [5.74, 6) is -0.534. The molecule has 2 amide bonds. The Morgan fingerprint density at radius 1 is 1.04 bits per heavy atom. The Hall–Kier alpha value is -2.82. The van der Waals surface area contributed by atoms with E-state index in [1.807, 2.05) is 48.5 Å². The summed E-state index contributed by atoms with van der Waals surface area (Å²) in [5, 5.41) is 0. The third kappa shape index (κ3) is 3.25. The minimum Gasteiger partial charge on any atom is -0.399 e. The number of amides is 2. The van der Waals surface area contributed by atoms with Crippen LogP contribution in [0.3, 0.4) is 0 Å². The smallest absolute Gasteiger partial charge is 0.240 e. The molecule has 5 heteroatoms. The summed E-state index contributed by atoms with van der Waals surface area (Å²) in [6, 6.07) is 14.8. The van der Waals surface area contributed by atoms with Gasteiger partial charge in [0.05, 0.1) is 0 Å². The minimum absolute atomic E-state index is 0.0726. The summed E-state index contributed by atoms with van der Waals surface area (Å²) in [7, 11) is 0. The van der Waals surface area contributed by atoms with Crippen LogP contribution in [0.2, 0.25) is 0 Å². The zero-order chi connectivity index (χ0) is 17.1. The predicted octanol–water partition coefficient (Wildman–Crippen LogP) is 1.64. The van der Waals surface area contributed by atoms with E-state index in [2.05, 4.69) is 0 Å². The van der Waals surface area contributed by atoms with E-state index in [-0.39, 0.29) is 5.91 Å². The van der Waals surface area contributed by atoms with E-state index in [1.54, 1.807) is 4.90 Å². The van der Waals surface area contributed by atoms with Gasteiger partial charge in [-0.25, -0.2) is 0 Å². The van der Waals surface area contributed by atoms with Crippen LogP contribution in [-0.4, -0.2) is 22.8 Å². The minimum atomic E-state index is -0.583. The Morgan fingerprint density at radius 3 is 2.42 bits per heavy atom. The molecule has 0 aromatic heterocycles. The maximum absolute atomic E-state index is 12.7. The van der Waals surface area contributed by atoms with Crippen LogP contribution < -0.4 is 11.5 Å². The molecule has 24 heavy (non-hydrogen) atoms. The van der Waals surface area contributed by atoms with Crippen LogP contribution in [0.25, 0.3) is 0 Å². The van der Waals surface area contributed by atoms with Crippen LogP contribution in [0.15, 0.2) is 48.5 Å². The van der Waals surface area contributed by atoms with Gasteiger partial charge in [-0.2, -0.15) is 0 Å². The van der Waals surface area contributed by atoms with Crippen molar-refractivity contribution in [3.8, 4) is 0 Å². The van der Waals surface area contributed by atoms with E-state index >= 15 is 0 Å². The highest BCUT2D eigenvalue weighted by molar-refractivity contribution is 5.87. The van der Waals surface area contributed by atoms with Crippen molar-refractivity contribution in [3.05, 3.63) is 65.2 Å². The molecule has 1 unspecified atom stereocenters. The van der Waals surface area contributed by atoms with E-state index in [4.69, 9.17) is 11.5 Å². The highest BCUT2D eigenvalue weighted by Crippen LogP contribution is 2.24. The van der Waals surface area contributed by atoms with Crippen molar-refractivity contribution in [2.24, 2.45) is 5.73 Å². The van der Waals surface area contributed by atoms with E-state index in [1.165, 1.54) is 0 Å². The Labute approximate surface area is 141 Å². The number of carbonyl (C=O) groups is 2. The molecule has 2 aromatic rings. The van der Waals surface area contributed by atoms with Crippen LogP contribution in [0.5, 0.6) is 0 Å². The average Bonchev–Trinajstić information content (AvgIpc) is 2.59. The number of rotatable bonds is 4. The van der Waals surface area contributed by atoms with Crippen LogP contribution >= 0.6 is 0 Å². The lowest BCUT2D eigenvalue weighted by atomic mass is 9.93. The average molecular weight is 323 g/mol. The fourth-order valence-corrected chi connectivity index (χ4v) is 3.19. The first-order chi connectivity index (χ1) is 11.6. The lowest BCUT2D eigenvalue weighted by molar-refractivity contribution is -0.140. The molecule has 0 fully saturated rings. The number of nitrogens with two attached hydrogens (primary N) is 2. The van der Waals surface area contributed by atoms with Gasteiger partial charge in [0.2, 0.25) is 11.8 Å². The lowest BCUT2D eigenvalue weighted by Crippen LogP contribution is -2.51. The van der Waals surface area contributed by atoms with Gasteiger partial charge in [-0.1, -0.05) is 42.5 Å². The molecule has 0 saturated heterocycles. The van der Waals surface area contributed by atoms with Gasteiger partial charge in [-0.15, -0.1) is 0 Å². The molecule has 3 rings (SSSR count). The molecule has 4 N–H and O–H groups in total. The highest BCUT2D eigenvalue weighted by Gasteiger charge is 2.32. The van der Waals surface area contributed by atoms with Crippen molar-refractivity contribution in [3.63, 3.8) is 0 Å². The van der Waals surface area contributed by atoms with E-state index in [0.717, 1.165) is 16.7 Å². The second-order valence-corrected chi connectivity index (χ2v) is 6.11. The number of benzene rings is 2. The SMILES string of the molecule is NC(=O)C1Cc2ccccc2CN1C(=O)CCc1ccccc1N. The van der Waals surface area contributed by atoms with Crippen molar-refractivity contribution >= 4 is 17.5 Å². The zero-order valence-electron chi connectivity index (χ0n) is 13.4. The van der Waals surface area contributed by atoms with Crippen molar-refractivity contribution in [2.75, 3.05) is 5.73 Å². The Bertz CT molecular complexity index is 773. The molecule has 5 nitrogen and oxygen atoms in total. The number of aryl methyl sites for hydroxylation is 1. The first-order valence-corrected chi connectivity index (χ1v) is 8.05. The number of primary amides is 1. The second kappa shape index (κ2) is 6.74. The summed E-state index contributed by atoms with van der Waals surface area (Å²) in [4.78, 5) is 26.1. The molecule has 1 aliphatic rings.